The summed E-state index contributed by atoms with van der Waals surface area (Å²) in [4.78, 5) is 51.7. The number of hydrogen-bond donors (Lipinski definition) is 4. The van der Waals surface area contributed by atoms with E-state index < -0.39 is 59.4 Å². The van der Waals surface area contributed by atoms with Crippen LogP contribution in [0, 0.1) is 0 Å². The number of phenolic OH excluding ortho intramolecular Hbond substituents is 1. The zero-order valence-corrected chi connectivity index (χ0v) is 24.5. The third-order valence-electron chi connectivity index (χ3n) is 9.50. The molecular formula is C32H33NO12. The van der Waals surface area contributed by atoms with E-state index >= 15 is 0 Å². The number of hydrogen-bond acceptors (Lipinski definition) is 12. The number of aliphatic hydroxyl groups is 2. The van der Waals surface area contributed by atoms with Crippen LogP contribution in [0.4, 0.5) is 0 Å². The van der Waals surface area contributed by atoms with E-state index in [0.717, 1.165) is 12.5 Å². The molecule has 13 nitrogen and oxygen atoms in total. The minimum absolute atomic E-state index is 0.0456. The van der Waals surface area contributed by atoms with Crippen LogP contribution in [0.2, 0.25) is 0 Å². The Bertz CT molecular complexity index is 1590. The highest BCUT2D eigenvalue weighted by Gasteiger charge is 2.72. The summed E-state index contributed by atoms with van der Waals surface area (Å²) in [7, 11) is 1.92. The normalized spacial score (nSPS) is 28.7. The van der Waals surface area contributed by atoms with Gasteiger partial charge in [0.2, 0.25) is 6.10 Å². The van der Waals surface area contributed by atoms with Crippen molar-refractivity contribution in [3.63, 3.8) is 0 Å². The van der Waals surface area contributed by atoms with Crippen molar-refractivity contribution in [3.05, 3.63) is 71.0 Å². The van der Waals surface area contributed by atoms with Crippen LogP contribution in [0.5, 0.6) is 11.5 Å². The molecule has 0 saturated carbocycles. The Kier molecular flexibility index (Phi) is 7.38. The van der Waals surface area contributed by atoms with Crippen LogP contribution in [-0.4, -0.2) is 92.8 Å². The van der Waals surface area contributed by atoms with Gasteiger partial charge in [0.1, 0.15) is 12.0 Å². The number of carbonyl (C=O) groups excluding carboxylic acids is 3. The molecule has 2 bridgehead atoms. The lowest BCUT2D eigenvalue weighted by molar-refractivity contribution is -0.232. The zero-order valence-electron chi connectivity index (χ0n) is 24.5. The van der Waals surface area contributed by atoms with Gasteiger partial charge in [-0.2, -0.15) is 0 Å². The van der Waals surface area contributed by atoms with Crippen LogP contribution < -0.4 is 4.74 Å². The number of aliphatic carboxylic acids is 1. The molecule has 1 spiro atoms. The summed E-state index contributed by atoms with van der Waals surface area (Å²) < 4.78 is 22.5. The molecule has 1 saturated heterocycles. The third kappa shape index (κ3) is 4.56. The smallest absolute Gasteiger partial charge is 0.381 e. The van der Waals surface area contributed by atoms with Crippen molar-refractivity contribution < 1.29 is 58.6 Å². The van der Waals surface area contributed by atoms with Gasteiger partial charge in [0.05, 0.1) is 17.4 Å². The highest BCUT2D eigenvalue weighted by molar-refractivity contribution is 5.86. The predicted molar refractivity (Wildman–Crippen MR) is 152 cm³/mol. The molecule has 7 atom stereocenters. The lowest BCUT2D eigenvalue weighted by Gasteiger charge is -2.61. The number of piperidine rings is 1. The highest BCUT2D eigenvalue weighted by Crippen LogP contribution is 2.65. The monoisotopic (exact) mass is 623 g/mol. The topological polar surface area (TPSA) is 189 Å². The van der Waals surface area contributed by atoms with Crippen LogP contribution >= 0.6 is 0 Å². The molecule has 0 unspecified atom stereocenters. The van der Waals surface area contributed by atoms with E-state index in [1.807, 2.05) is 7.05 Å². The first-order valence-corrected chi connectivity index (χ1v) is 14.6. The maximum atomic E-state index is 13.6. The Labute approximate surface area is 257 Å². The number of esters is 2. The van der Waals surface area contributed by atoms with Gasteiger partial charge in [-0.3, -0.25) is 0 Å². The number of carboxylic acid groups (broad SMARTS) is 1. The summed E-state index contributed by atoms with van der Waals surface area (Å²) in [5.41, 5.74) is -0.814. The number of nitrogens with zero attached hydrogens (tertiary/aromatic N) is 1. The number of carbonyl (C=O) groups is 4. The molecule has 238 valence electrons. The summed E-state index contributed by atoms with van der Waals surface area (Å²) in [6, 6.07) is 10.6. The van der Waals surface area contributed by atoms with E-state index in [4.69, 9.17) is 18.9 Å². The Morgan fingerprint density at radius 1 is 1.18 bits per heavy atom. The lowest BCUT2D eigenvalue weighted by Crippen LogP contribution is -2.74. The number of likely N-dealkylation sites (N-methyl/N-ethyl adjacent to an activating group) is 1. The number of aldehydes is 1. The molecule has 2 aromatic rings. The van der Waals surface area contributed by atoms with E-state index in [9.17, 15) is 39.6 Å². The number of rotatable bonds is 10. The zero-order chi connectivity index (χ0) is 32.3. The van der Waals surface area contributed by atoms with E-state index in [0.29, 0.717) is 24.9 Å². The molecule has 0 radical (unpaired) electrons. The van der Waals surface area contributed by atoms with Crippen molar-refractivity contribution in [2.24, 2.45) is 0 Å². The van der Waals surface area contributed by atoms with E-state index in [2.05, 4.69) is 4.90 Å². The molecule has 0 aromatic heterocycles. The standard InChI is InChI=1S/C32H33NO12/c1-17(27(36)37)42-28(38)24(18-6-4-3-5-7-18)44-29(39)32(41,13-15-34)45-21-10-11-31(40)22-16-19-8-9-20(35)25-23(19)30(31,26(21)43-25)12-14-33(22)2/h3-10,15,17,22,24,26,35,40-41H,11-14,16H2,1-2H3,(H,36,37)/t17-,22+,24-,26-,30-,31+,32-/m0/s1. The fourth-order valence-corrected chi connectivity index (χ4v) is 7.28. The molecule has 2 aromatic carbocycles. The van der Waals surface area contributed by atoms with Gasteiger partial charge in [-0.05, 0) is 51.1 Å². The quantitative estimate of drug-likeness (QED) is 0.168. The number of aromatic hydroxyl groups is 1. The van der Waals surface area contributed by atoms with Crippen molar-refractivity contribution in [1.82, 2.24) is 4.90 Å². The first-order chi connectivity index (χ1) is 21.4. The summed E-state index contributed by atoms with van der Waals surface area (Å²) in [5.74, 6) is -7.17. The largest absolute Gasteiger partial charge is 0.504 e. The lowest BCUT2D eigenvalue weighted by atomic mass is 9.50. The predicted octanol–water partition coefficient (Wildman–Crippen LogP) is 1.26. The Hall–Kier alpha value is -4.46. The van der Waals surface area contributed by atoms with Crippen molar-refractivity contribution in [3.8, 4) is 11.5 Å². The number of carboxylic acids is 1. The molecular weight excluding hydrogens is 590 g/mol. The molecule has 1 fully saturated rings. The van der Waals surface area contributed by atoms with Crippen LogP contribution in [0.25, 0.3) is 0 Å². The second kappa shape index (κ2) is 10.9. The molecule has 13 heteroatoms. The Balaban J connectivity index is 1.35. The van der Waals surface area contributed by atoms with Crippen molar-refractivity contribution in [2.75, 3.05) is 13.6 Å². The summed E-state index contributed by atoms with van der Waals surface area (Å²) in [6.45, 7) is 1.69. The Morgan fingerprint density at radius 3 is 2.60 bits per heavy atom. The maximum Gasteiger partial charge on any atom is 0.381 e. The highest BCUT2D eigenvalue weighted by atomic mass is 16.7. The maximum absolute atomic E-state index is 13.6. The van der Waals surface area contributed by atoms with Gasteiger partial charge in [-0.1, -0.05) is 36.4 Å². The fourth-order valence-electron chi connectivity index (χ4n) is 7.28. The molecule has 2 heterocycles. The van der Waals surface area contributed by atoms with E-state index in [1.54, 1.807) is 24.3 Å². The van der Waals surface area contributed by atoms with Gasteiger partial charge in [-0.25, -0.2) is 14.4 Å². The molecule has 45 heavy (non-hydrogen) atoms. The molecule has 6 rings (SSSR count). The minimum Gasteiger partial charge on any atom is -0.504 e. The van der Waals surface area contributed by atoms with Crippen molar-refractivity contribution >= 4 is 24.2 Å². The number of ether oxygens (including phenoxy) is 4. The molecule has 0 amide bonds. The molecule has 4 N–H and O–H groups in total. The first kappa shape index (κ1) is 30.6. The van der Waals surface area contributed by atoms with Crippen LogP contribution in [-0.2, 0) is 45.2 Å². The van der Waals surface area contributed by atoms with Crippen LogP contribution in [0.3, 0.4) is 0 Å². The number of likely N-dealkylation sites (tertiary alicyclic amines) is 1. The van der Waals surface area contributed by atoms with Gasteiger partial charge < -0.3 is 49.1 Å². The van der Waals surface area contributed by atoms with Crippen LogP contribution in [0.1, 0.15) is 49.0 Å². The Morgan fingerprint density at radius 2 is 1.91 bits per heavy atom. The molecule has 2 aliphatic carbocycles. The second-order valence-corrected chi connectivity index (χ2v) is 12.0. The summed E-state index contributed by atoms with van der Waals surface area (Å²) in [5, 5.41) is 43.8. The van der Waals surface area contributed by atoms with Gasteiger partial charge >= 0.3 is 23.7 Å². The number of benzene rings is 2. The van der Waals surface area contributed by atoms with Gasteiger partial charge in [0.25, 0.3) is 0 Å². The van der Waals surface area contributed by atoms with Crippen molar-refractivity contribution in [1.29, 1.82) is 0 Å². The van der Waals surface area contributed by atoms with Crippen molar-refractivity contribution in [2.45, 2.75) is 73.8 Å². The van der Waals surface area contributed by atoms with Gasteiger partial charge in [-0.15, -0.1) is 0 Å². The third-order valence-corrected chi connectivity index (χ3v) is 9.50. The summed E-state index contributed by atoms with van der Waals surface area (Å²) in [6.07, 6.45) is -2.71. The van der Waals surface area contributed by atoms with E-state index in [-0.39, 0.29) is 41.6 Å². The molecule has 4 aliphatic rings. The number of phenols is 1. The van der Waals surface area contributed by atoms with Crippen LogP contribution in [0.15, 0.2) is 54.3 Å². The SMILES string of the molecule is C[C@H](OC(=O)[C@@H](OC(=O)[C@](O)(CC=O)OC1=CC[C@@]2(O)[C@H]3Cc4ccc(O)c5c4[C@@]2(CCN3C)[C@H]1O5)c1ccccc1)C(=O)O. The fraction of sp³-hybridized carbons (Fsp3) is 0.438. The molecule has 2 aliphatic heterocycles. The van der Waals surface area contributed by atoms with Gasteiger partial charge in [0, 0.05) is 23.6 Å². The average Bonchev–Trinajstić information content (AvgIpc) is 3.37. The van der Waals surface area contributed by atoms with Gasteiger partial charge in [0.15, 0.2) is 23.7 Å². The van der Waals surface area contributed by atoms with E-state index in [1.165, 1.54) is 24.3 Å². The average molecular weight is 624 g/mol. The second-order valence-electron chi connectivity index (χ2n) is 12.0. The summed E-state index contributed by atoms with van der Waals surface area (Å²) >= 11 is 0. The minimum atomic E-state index is -2.96. The first-order valence-electron chi connectivity index (χ1n) is 14.6.